The maximum absolute atomic E-state index is 12.9. The highest BCUT2D eigenvalue weighted by atomic mass is 31.2. The van der Waals surface area contributed by atoms with Gasteiger partial charge in [0.15, 0.2) is 0 Å². The minimum Gasteiger partial charge on any atom is -0.756 e. The zero-order valence-electron chi connectivity index (χ0n) is 43.4. The average molecular weight is 943 g/mol. The highest BCUT2D eigenvalue weighted by Crippen LogP contribution is 2.38. The Labute approximate surface area is 407 Å². The number of aliphatic hydroxyl groups is 1. The van der Waals surface area contributed by atoms with Crippen LogP contribution in [0.4, 0.5) is 0 Å². The van der Waals surface area contributed by atoms with Gasteiger partial charge in [-0.15, -0.1) is 0 Å². The van der Waals surface area contributed by atoms with E-state index in [9.17, 15) is 19.4 Å². The molecular weight excluding hydrogens is 840 g/mol. The normalized spacial score (nSPS) is 14.7. The third-order valence-electron chi connectivity index (χ3n) is 11.6. The second-order valence-electron chi connectivity index (χ2n) is 19.2. The zero-order chi connectivity index (χ0) is 48.5. The molecule has 0 aromatic carbocycles. The molecule has 0 aromatic heterocycles. The predicted octanol–water partition coefficient (Wildman–Crippen LogP) is 15.5. The molecule has 0 saturated carbocycles. The molecule has 0 aliphatic rings. The molecule has 8 nitrogen and oxygen atoms in total. The first kappa shape index (κ1) is 63.7. The van der Waals surface area contributed by atoms with Crippen LogP contribution in [0, 0.1) is 0 Å². The van der Waals surface area contributed by atoms with Crippen molar-refractivity contribution in [2.24, 2.45) is 0 Å². The number of allylic oxidation sites excluding steroid dienone is 13. The summed E-state index contributed by atoms with van der Waals surface area (Å²) in [5.41, 5.74) is 0. The van der Waals surface area contributed by atoms with Gasteiger partial charge in [0.2, 0.25) is 5.91 Å². The minimum atomic E-state index is -4.60. The van der Waals surface area contributed by atoms with Crippen molar-refractivity contribution >= 4 is 13.7 Å². The third kappa shape index (κ3) is 49.6. The molecule has 3 atom stereocenters. The number of rotatable bonds is 48. The van der Waals surface area contributed by atoms with Crippen molar-refractivity contribution in [2.45, 2.75) is 231 Å². The van der Waals surface area contributed by atoms with Gasteiger partial charge in [-0.1, -0.05) is 227 Å². The number of unbranched alkanes of at least 4 members (excludes halogenated alkanes) is 23. The van der Waals surface area contributed by atoms with Gasteiger partial charge >= 0.3 is 0 Å². The van der Waals surface area contributed by atoms with Crippen molar-refractivity contribution in [1.29, 1.82) is 0 Å². The van der Waals surface area contributed by atoms with Crippen molar-refractivity contribution in [2.75, 3.05) is 40.9 Å². The van der Waals surface area contributed by atoms with Gasteiger partial charge in [0.25, 0.3) is 7.82 Å². The molecular formula is C57H103N2O6P. The first-order chi connectivity index (χ1) is 32.0. The van der Waals surface area contributed by atoms with Crippen molar-refractivity contribution in [1.82, 2.24) is 5.32 Å². The molecule has 66 heavy (non-hydrogen) atoms. The number of hydrogen-bond acceptors (Lipinski definition) is 6. The third-order valence-corrected chi connectivity index (χ3v) is 12.6. The molecule has 0 radical (unpaired) electrons. The quantitative estimate of drug-likeness (QED) is 0.0272. The topological polar surface area (TPSA) is 108 Å². The van der Waals surface area contributed by atoms with Crippen LogP contribution in [0.2, 0.25) is 0 Å². The van der Waals surface area contributed by atoms with Gasteiger partial charge in [0.1, 0.15) is 13.2 Å². The number of carbonyl (C=O) groups excluding carboxylic acids is 1. The Morgan fingerprint density at radius 1 is 0.545 bits per heavy atom. The number of hydrogen-bond donors (Lipinski definition) is 2. The van der Waals surface area contributed by atoms with E-state index in [0.29, 0.717) is 17.4 Å². The first-order valence-corrected chi connectivity index (χ1v) is 28.4. The van der Waals surface area contributed by atoms with Crippen molar-refractivity contribution < 1.29 is 32.9 Å². The second kappa shape index (κ2) is 47.7. The predicted molar refractivity (Wildman–Crippen MR) is 283 cm³/mol. The van der Waals surface area contributed by atoms with Crippen molar-refractivity contribution in [3.8, 4) is 0 Å². The van der Waals surface area contributed by atoms with Crippen LogP contribution in [0.1, 0.15) is 219 Å². The molecule has 2 N–H and O–H groups in total. The van der Waals surface area contributed by atoms with Crippen LogP contribution in [-0.2, 0) is 18.4 Å². The molecule has 0 aliphatic carbocycles. The molecule has 0 saturated heterocycles. The van der Waals surface area contributed by atoms with Gasteiger partial charge in [-0.25, -0.2) is 0 Å². The summed E-state index contributed by atoms with van der Waals surface area (Å²) < 4.78 is 23.3. The molecule has 1 amide bonds. The lowest BCUT2D eigenvalue weighted by molar-refractivity contribution is -0.870. The molecule has 0 heterocycles. The molecule has 3 unspecified atom stereocenters. The number of carbonyl (C=O) groups is 1. The van der Waals surface area contributed by atoms with E-state index in [1.165, 1.54) is 103 Å². The summed E-state index contributed by atoms with van der Waals surface area (Å²) in [5, 5.41) is 13.9. The molecule has 0 aromatic rings. The van der Waals surface area contributed by atoms with E-state index in [4.69, 9.17) is 9.05 Å². The Balaban J connectivity index is 4.34. The summed E-state index contributed by atoms with van der Waals surface area (Å²) in [5.74, 6) is -0.214. The van der Waals surface area contributed by atoms with Crippen LogP contribution in [-0.4, -0.2) is 68.5 Å². The maximum atomic E-state index is 12.9. The van der Waals surface area contributed by atoms with E-state index >= 15 is 0 Å². The molecule has 382 valence electrons. The van der Waals surface area contributed by atoms with Gasteiger partial charge < -0.3 is 28.8 Å². The van der Waals surface area contributed by atoms with Crippen LogP contribution in [0.5, 0.6) is 0 Å². The molecule has 9 heteroatoms. The molecule has 0 fully saturated rings. The second-order valence-corrected chi connectivity index (χ2v) is 20.6. The molecule has 0 spiro atoms. The Bertz CT molecular complexity index is 1350. The smallest absolute Gasteiger partial charge is 0.268 e. The van der Waals surface area contributed by atoms with Crippen LogP contribution in [0.25, 0.3) is 0 Å². The highest BCUT2D eigenvalue weighted by Gasteiger charge is 2.23. The molecule has 0 bridgehead atoms. The lowest BCUT2D eigenvalue weighted by Gasteiger charge is -2.29. The number of phosphoric ester groups is 1. The number of nitrogens with zero attached hydrogens (tertiary/aromatic N) is 1. The SMILES string of the molecule is CC/C=C\C/C=C\C/C=C\C/C=C\C/C=C\C/C=C\CCCCCCCCC(=O)NC(COP(=O)([O-])OCC[N+](C)(C)C)C(O)/C=C/CCCCCCCCCCCCCCCCCCC. The number of phosphoric acid groups is 1. The Kier molecular flexibility index (Phi) is 46.1. The fraction of sp³-hybridized carbons (Fsp3) is 0.737. The minimum absolute atomic E-state index is 0.00831. The average Bonchev–Trinajstić information content (AvgIpc) is 3.28. The molecule has 0 rings (SSSR count). The standard InChI is InChI=1S/C57H103N2O6P/c1-6-8-10-12-14-16-18-20-22-24-26-27-28-29-30-31-33-35-37-39-41-43-45-47-49-51-57(61)58-55(54-65-66(62,63)64-53-52-59(3,4)5)56(60)50-48-46-44-42-40-38-36-34-32-25-23-21-19-17-15-13-11-9-7-2/h8,10,14,16,20,22,26-27,29-30,33,35,48,50,55-56,60H,6-7,9,11-13,15,17-19,21,23-25,28,31-32,34,36-47,49,51-54H2,1-5H3,(H-,58,61,62,63)/b10-8-,16-14-,22-20-,27-26-,30-29-,35-33-,50-48+. The van der Waals surface area contributed by atoms with E-state index in [-0.39, 0.29) is 12.5 Å². The van der Waals surface area contributed by atoms with E-state index < -0.39 is 26.6 Å². The number of likely N-dealkylation sites (N-methyl/N-ethyl adjacent to an activating group) is 1. The van der Waals surface area contributed by atoms with Gasteiger partial charge in [0, 0.05) is 6.42 Å². The zero-order valence-corrected chi connectivity index (χ0v) is 44.3. The highest BCUT2D eigenvalue weighted by molar-refractivity contribution is 7.45. The van der Waals surface area contributed by atoms with Gasteiger partial charge in [-0.2, -0.15) is 0 Å². The summed E-state index contributed by atoms with van der Waals surface area (Å²) in [4.78, 5) is 25.5. The Hall–Kier alpha value is -2.32. The van der Waals surface area contributed by atoms with E-state index in [0.717, 1.165) is 96.3 Å². The van der Waals surface area contributed by atoms with Crippen LogP contribution >= 0.6 is 7.82 Å². The van der Waals surface area contributed by atoms with Gasteiger partial charge in [0.05, 0.1) is 39.9 Å². The van der Waals surface area contributed by atoms with Crippen LogP contribution in [0.15, 0.2) is 85.1 Å². The first-order valence-electron chi connectivity index (χ1n) is 26.9. The van der Waals surface area contributed by atoms with Gasteiger partial charge in [-0.05, 0) is 70.6 Å². The summed E-state index contributed by atoms with van der Waals surface area (Å²) in [7, 11) is 1.24. The summed E-state index contributed by atoms with van der Waals surface area (Å²) in [6.45, 7) is 4.52. The van der Waals surface area contributed by atoms with E-state index in [1.807, 2.05) is 27.2 Å². The summed E-state index contributed by atoms with van der Waals surface area (Å²) >= 11 is 0. The van der Waals surface area contributed by atoms with Crippen LogP contribution in [0.3, 0.4) is 0 Å². The van der Waals surface area contributed by atoms with Crippen molar-refractivity contribution in [3.63, 3.8) is 0 Å². The Morgan fingerprint density at radius 2 is 0.924 bits per heavy atom. The van der Waals surface area contributed by atoms with E-state index in [2.05, 4.69) is 92.1 Å². The van der Waals surface area contributed by atoms with Crippen LogP contribution < -0.4 is 10.2 Å². The number of nitrogens with one attached hydrogen (secondary N) is 1. The summed E-state index contributed by atoms with van der Waals surface area (Å²) in [6.07, 6.45) is 66.4. The summed E-state index contributed by atoms with van der Waals surface area (Å²) in [6, 6.07) is -0.900. The lowest BCUT2D eigenvalue weighted by atomic mass is 10.0. The van der Waals surface area contributed by atoms with Crippen molar-refractivity contribution in [3.05, 3.63) is 85.1 Å². The lowest BCUT2D eigenvalue weighted by Crippen LogP contribution is -2.45. The number of amides is 1. The number of aliphatic hydroxyl groups excluding tert-OH is 1. The largest absolute Gasteiger partial charge is 0.756 e. The Morgan fingerprint density at radius 3 is 1.35 bits per heavy atom. The maximum Gasteiger partial charge on any atom is 0.268 e. The van der Waals surface area contributed by atoms with E-state index in [1.54, 1.807) is 6.08 Å². The molecule has 0 aliphatic heterocycles. The fourth-order valence-corrected chi connectivity index (χ4v) is 8.11. The fourth-order valence-electron chi connectivity index (χ4n) is 7.39. The number of quaternary nitrogens is 1. The monoisotopic (exact) mass is 943 g/mol. The van der Waals surface area contributed by atoms with Gasteiger partial charge in [-0.3, -0.25) is 9.36 Å².